The Labute approximate surface area is 191 Å². The maximum atomic E-state index is 3.63. The Bertz CT molecular complexity index is 1550. The zero-order valence-electron chi connectivity index (χ0n) is 16.0. The summed E-state index contributed by atoms with van der Waals surface area (Å²) < 4.78 is 2.13. The van der Waals surface area contributed by atoms with Crippen molar-refractivity contribution in [2.45, 2.75) is 0 Å². The summed E-state index contributed by atoms with van der Waals surface area (Å²) in [7, 11) is 0. The van der Waals surface area contributed by atoms with Gasteiger partial charge < -0.3 is 0 Å². The lowest BCUT2D eigenvalue weighted by Gasteiger charge is -2.15. The number of hydrogen-bond acceptors (Lipinski definition) is 0. The summed E-state index contributed by atoms with van der Waals surface area (Å²) in [6.07, 6.45) is 0. The van der Waals surface area contributed by atoms with Crippen LogP contribution in [0.3, 0.4) is 0 Å². The maximum absolute atomic E-state index is 3.63. The quantitative estimate of drug-likeness (QED) is 0.203. The van der Waals surface area contributed by atoms with Crippen molar-refractivity contribution in [2.75, 3.05) is 0 Å². The second kappa shape index (κ2) is 6.94. The van der Waals surface area contributed by atoms with Crippen LogP contribution in [-0.4, -0.2) is 0 Å². The molecule has 0 unspecified atom stereocenters. The van der Waals surface area contributed by atoms with Gasteiger partial charge in [-0.1, -0.05) is 78.9 Å². The van der Waals surface area contributed by atoms with Crippen LogP contribution in [0.15, 0.2) is 106 Å². The van der Waals surface area contributed by atoms with Crippen molar-refractivity contribution in [3.8, 4) is 22.3 Å². The van der Waals surface area contributed by atoms with Gasteiger partial charge in [0.05, 0.1) is 0 Å². The molecule has 30 heavy (non-hydrogen) atoms. The third kappa shape index (κ3) is 2.79. The molecule has 0 aliphatic carbocycles. The van der Waals surface area contributed by atoms with Crippen molar-refractivity contribution < 1.29 is 0 Å². The summed E-state index contributed by atoms with van der Waals surface area (Å²) in [6, 6.07) is 35.3. The highest BCUT2D eigenvalue weighted by molar-refractivity contribution is 9.13. The second-order valence-corrected chi connectivity index (χ2v) is 9.39. The van der Waals surface area contributed by atoms with E-state index in [2.05, 4.69) is 129 Å². The number of benzene rings is 6. The molecule has 0 N–H and O–H groups in total. The van der Waals surface area contributed by atoms with Gasteiger partial charge in [-0.3, -0.25) is 0 Å². The van der Waals surface area contributed by atoms with E-state index in [1.165, 1.54) is 54.6 Å². The maximum Gasteiger partial charge on any atom is 0.0323 e. The molecule has 142 valence electrons. The summed E-state index contributed by atoms with van der Waals surface area (Å²) in [6.45, 7) is 0. The van der Waals surface area contributed by atoms with Gasteiger partial charge in [0.25, 0.3) is 0 Å². The van der Waals surface area contributed by atoms with Crippen molar-refractivity contribution in [3.63, 3.8) is 0 Å². The smallest absolute Gasteiger partial charge is 0.0323 e. The molecule has 0 bridgehead atoms. The van der Waals surface area contributed by atoms with Gasteiger partial charge in [0.1, 0.15) is 0 Å². The van der Waals surface area contributed by atoms with Gasteiger partial charge in [-0.25, -0.2) is 0 Å². The van der Waals surface area contributed by atoms with Gasteiger partial charge in [0.15, 0.2) is 0 Å². The molecule has 6 rings (SSSR count). The van der Waals surface area contributed by atoms with Crippen LogP contribution in [0, 0.1) is 0 Å². The topological polar surface area (TPSA) is 0 Å². The first-order valence-corrected chi connectivity index (χ1v) is 11.5. The molecule has 0 saturated heterocycles. The molecule has 2 heteroatoms. The van der Waals surface area contributed by atoms with Crippen molar-refractivity contribution in [1.82, 2.24) is 0 Å². The molecule has 0 nitrogen and oxygen atoms in total. The summed E-state index contributed by atoms with van der Waals surface area (Å²) >= 11 is 7.20. The summed E-state index contributed by atoms with van der Waals surface area (Å²) in [4.78, 5) is 0. The van der Waals surface area contributed by atoms with E-state index in [1.807, 2.05) is 0 Å². The lowest BCUT2D eigenvalue weighted by atomic mass is 9.89. The molecule has 0 aromatic heterocycles. The number of rotatable bonds is 2. The molecular weight excluding hydrogens is 496 g/mol. The third-order valence-electron chi connectivity index (χ3n) is 5.96. The van der Waals surface area contributed by atoms with Crippen molar-refractivity contribution in [1.29, 1.82) is 0 Å². The molecule has 6 aromatic rings. The normalized spacial score (nSPS) is 11.7. The first-order valence-electron chi connectivity index (χ1n) is 9.91. The van der Waals surface area contributed by atoms with E-state index in [-0.39, 0.29) is 0 Å². The highest BCUT2D eigenvalue weighted by Gasteiger charge is 2.12. The van der Waals surface area contributed by atoms with Crippen LogP contribution >= 0.6 is 31.9 Å². The first-order chi connectivity index (χ1) is 14.7. The van der Waals surface area contributed by atoms with Crippen molar-refractivity contribution in [2.24, 2.45) is 0 Å². The zero-order chi connectivity index (χ0) is 20.2. The van der Waals surface area contributed by atoms with Crippen LogP contribution in [0.4, 0.5) is 0 Å². The molecule has 0 aliphatic heterocycles. The molecule has 0 aliphatic rings. The minimum Gasteiger partial charge on any atom is -0.0610 e. The van der Waals surface area contributed by atoms with Crippen LogP contribution in [-0.2, 0) is 0 Å². The minimum absolute atomic E-state index is 1.06. The molecule has 0 atom stereocenters. The van der Waals surface area contributed by atoms with Gasteiger partial charge in [-0.2, -0.15) is 0 Å². The Kier molecular flexibility index (Phi) is 4.19. The monoisotopic (exact) mass is 510 g/mol. The summed E-state index contributed by atoms with van der Waals surface area (Å²) in [5.41, 5.74) is 4.93. The highest BCUT2D eigenvalue weighted by Crippen LogP contribution is 2.40. The Morgan fingerprint density at radius 1 is 0.433 bits per heavy atom. The van der Waals surface area contributed by atoms with Crippen molar-refractivity contribution >= 4 is 64.2 Å². The first kappa shape index (κ1) is 18.1. The Morgan fingerprint density at radius 2 is 1.07 bits per heavy atom. The Balaban J connectivity index is 1.61. The van der Waals surface area contributed by atoms with Crippen LogP contribution in [0.25, 0.3) is 54.6 Å². The van der Waals surface area contributed by atoms with E-state index in [0.29, 0.717) is 0 Å². The molecule has 0 radical (unpaired) electrons. The second-order valence-electron chi connectivity index (χ2n) is 7.68. The van der Waals surface area contributed by atoms with E-state index in [4.69, 9.17) is 0 Å². The number of hydrogen-bond donors (Lipinski definition) is 0. The van der Waals surface area contributed by atoms with E-state index in [1.54, 1.807) is 0 Å². The highest BCUT2D eigenvalue weighted by atomic mass is 79.9. The predicted octanol–water partition coefficient (Wildman–Crippen LogP) is 9.44. The fourth-order valence-electron chi connectivity index (χ4n) is 4.53. The average Bonchev–Trinajstić information content (AvgIpc) is 2.79. The largest absolute Gasteiger partial charge is 0.0610 e. The molecule has 6 aromatic carbocycles. The van der Waals surface area contributed by atoms with Gasteiger partial charge in [-0.05, 0) is 105 Å². The molecule has 0 fully saturated rings. The van der Waals surface area contributed by atoms with Gasteiger partial charge in [0, 0.05) is 8.95 Å². The van der Waals surface area contributed by atoms with E-state index in [9.17, 15) is 0 Å². The van der Waals surface area contributed by atoms with Gasteiger partial charge in [0.2, 0.25) is 0 Å². The zero-order valence-corrected chi connectivity index (χ0v) is 19.2. The van der Waals surface area contributed by atoms with Crippen molar-refractivity contribution in [3.05, 3.63) is 106 Å². The number of halogens is 2. The van der Waals surface area contributed by atoms with Crippen LogP contribution in [0.1, 0.15) is 0 Å². The standard InChI is InChI=1S/C28H16Br2/c29-25-14-11-21(16-26(25)30)20-5-2-6-22(15-20)23-12-9-19-8-7-17-3-1-4-18-10-13-24(23)28(19)27(17)18/h1-16H. The van der Waals surface area contributed by atoms with Gasteiger partial charge >= 0.3 is 0 Å². The van der Waals surface area contributed by atoms with Crippen LogP contribution < -0.4 is 0 Å². The van der Waals surface area contributed by atoms with Gasteiger partial charge in [-0.15, -0.1) is 0 Å². The lowest BCUT2D eigenvalue weighted by molar-refractivity contribution is 1.55. The fraction of sp³-hybridized carbons (Fsp3) is 0. The fourth-order valence-corrected chi connectivity index (χ4v) is 5.15. The van der Waals surface area contributed by atoms with E-state index >= 15 is 0 Å². The summed E-state index contributed by atoms with van der Waals surface area (Å²) in [5.74, 6) is 0. The predicted molar refractivity (Wildman–Crippen MR) is 136 cm³/mol. The summed E-state index contributed by atoms with van der Waals surface area (Å²) in [5, 5.41) is 7.94. The van der Waals surface area contributed by atoms with Crippen LogP contribution in [0.5, 0.6) is 0 Å². The molecular formula is C28H16Br2. The molecule has 0 saturated carbocycles. The van der Waals surface area contributed by atoms with E-state index in [0.717, 1.165) is 8.95 Å². The molecule has 0 spiro atoms. The SMILES string of the molecule is Brc1ccc(-c2cccc(-c3ccc4ccc5cccc6ccc3c4c56)c2)cc1Br. The minimum atomic E-state index is 1.06. The van der Waals surface area contributed by atoms with E-state index < -0.39 is 0 Å². The Morgan fingerprint density at radius 3 is 1.87 bits per heavy atom. The lowest BCUT2D eigenvalue weighted by Crippen LogP contribution is -1.88. The molecule has 0 heterocycles. The van der Waals surface area contributed by atoms with Crippen LogP contribution in [0.2, 0.25) is 0 Å². The third-order valence-corrected chi connectivity index (χ3v) is 7.83. The average molecular weight is 512 g/mol. The molecule has 0 amide bonds. The Hall–Kier alpha value is -2.68.